The van der Waals surface area contributed by atoms with Crippen LogP contribution in [0.4, 0.5) is 4.39 Å². The van der Waals surface area contributed by atoms with Gasteiger partial charge in [-0.2, -0.15) is 0 Å². The fraction of sp³-hybridized carbons (Fsp3) is 0.526. The minimum absolute atomic E-state index is 0.000316. The number of amides is 1. The molecule has 1 aromatic carbocycles. The van der Waals surface area contributed by atoms with Gasteiger partial charge < -0.3 is 5.32 Å². The molecule has 23 heavy (non-hydrogen) atoms. The van der Waals surface area contributed by atoms with Crippen LogP contribution in [0.1, 0.15) is 36.3 Å². The van der Waals surface area contributed by atoms with Crippen molar-refractivity contribution in [2.75, 3.05) is 19.6 Å². The van der Waals surface area contributed by atoms with Crippen molar-refractivity contribution in [3.05, 3.63) is 47.8 Å². The molecule has 1 saturated carbocycles. The van der Waals surface area contributed by atoms with Crippen LogP contribution in [0.2, 0.25) is 0 Å². The minimum Gasteiger partial charge on any atom is -0.353 e. The van der Waals surface area contributed by atoms with Crippen LogP contribution in [0.5, 0.6) is 0 Å². The molecule has 0 radical (unpaired) electrons. The Morgan fingerprint density at radius 1 is 1.43 bits per heavy atom. The largest absolute Gasteiger partial charge is 0.353 e. The van der Waals surface area contributed by atoms with Gasteiger partial charge in [0.15, 0.2) is 0 Å². The molecular formula is C19H25FN2O. The molecule has 2 aliphatic rings. The minimum atomic E-state index is -0.171. The second-order valence-corrected chi connectivity index (χ2v) is 6.93. The second-order valence-electron chi connectivity index (χ2n) is 6.93. The van der Waals surface area contributed by atoms with Crippen LogP contribution in [0.25, 0.3) is 0 Å². The molecule has 3 rings (SSSR count). The monoisotopic (exact) mass is 316 g/mol. The molecule has 2 unspecified atom stereocenters. The van der Waals surface area contributed by atoms with Gasteiger partial charge in [-0.3, -0.25) is 9.69 Å². The van der Waals surface area contributed by atoms with Gasteiger partial charge in [-0.1, -0.05) is 18.2 Å². The maximum absolute atomic E-state index is 13.5. The predicted octanol–water partition coefficient (Wildman–Crippen LogP) is 3.00. The lowest BCUT2D eigenvalue weighted by atomic mass is 9.83. The van der Waals surface area contributed by atoms with E-state index in [-0.39, 0.29) is 23.6 Å². The number of piperidine rings is 1. The van der Waals surface area contributed by atoms with Gasteiger partial charge >= 0.3 is 0 Å². The number of rotatable bonds is 5. The molecule has 1 heterocycles. The third-order valence-corrected chi connectivity index (χ3v) is 4.86. The normalized spacial score (nSPS) is 25.1. The zero-order chi connectivity index (χ0) is 16.4. The highest BCUT2D eigenvalue weighted by Crippen LogP contribution is 2.32. The van der Waals surface area contributed by atoms with E-state index >= 15 is 0 Å². The Morgan fingerprint density at radius 3 is 2.87 bits per heavy atom. The maximum Gasteiger partial charge on any atom is 0.224 e. The third kappa shape index (κ3) is 3.99. The van der Waals surface area contributed by atoms with Crippen LogP contribution < -0.4 is 5.32 Å². The zero-order valence-corrected chi connectivity index (χ0v) is 13.7. The average Bonchev–Trinajstić information content (AvgIpc) is 3.34. The SMILES string of the molecule is C=CCN1CC(C(=O)NC2CC2)CC(c2ccc(F)c(C)c2)C1. The van der Waals surface area contributed by atoms with Crippen molar-refractivity contribution in [1.29, 1.82) is 0 Å². The number of aryl methyl sites for hydroxylation is 1. The van der Waals surface area contributed by atoms with Gasteiger partial charge in [-0.15, -0.1) is 6.58 Å². The number of nitrogens with one attached hydrogen (secondary N) is 1. The summed E-state index contributed by atoms with van der Waals surface area (Å²) in [6, 6.07) is 5.72. The van der Waals surface area contributed by atoms with Crippen LogP contribution in [0.15, 0.2) is 30.9 Å². The highest BCUT2D eigenvalue weighted by atomic mass is 19.1. The molecule has 1 saturated heterocycles. The molecule has 1 N–H and O–H groups in total. The molecule has 1 aromatic rings. The number of carbonyl (C=O) groups is 1. The number of likely N-dealkylation sites (tertiary alicyclic amines) is 1. The van der Waals surface area contributed by atoms with E-state index in [1.54, 1.807) is 6.92 Å². The number of hydrogen-bond acceptors (Lipinski definition) is 2. The smallest absolute Gasteiger partial charge is 0.224 e. The van der Waals surface area contributed by atoms with Crippen LogP contribution in [-0.4, -0.2) is 36.5 Å². The fourth-order valence-electron chi connectivity index (χ4n) is 3.42. The van der Waals surface area contributed by atoms with Crippen LogP contribution in [-0.2, 0) is 4.79 Å². The molecule has 1 amide bonds. The molecule has 3 nitrogen and oxygen atoms in total. The Hall–Kier alpha value is -1.68. The van der Waals surface area contributed by atoms with Crippen molar-refractivity contribution in [2.45, 2.75) is 38.1 Å². The van der Waals surface area contributed by atoms with E-state index in [4.69, 9.17) is 0 Å². The lowest BCUT2D eigenvalue weighted by molar-refractivity contribution is -0.127. The van der Waals surface area contributed by atoms with E-state index in [2.05, 4.69) is 16.8 Å². The summed E-state index contributed by atoms with van der Waals surface area (Å²) in [6.45, 7) is 8.06. The van der Waals surface area contributed by atoms with Gasteiger partial charge in [-0.05, 0) is 49.3 Å². The number of hydrogen-bond donors (Lipinski definition) is 1. The van der Waals surface area contributed by atoms with Gasteiger partial charge in [0.25, 0.3) is 0 Å². The van der Waals surface area contributed by atoms with Crippen molar-refractivity contribution in [3.63, 3.8) is 0 Å². The van der Waals surface area contributed by atoms with E-state index in [9.17, 15) is 9.18 Å². The van der Waals surface area contributed by atoms with Gasteiger partial charge in [0.05, 0.1) is 5.92 Å². The van der Waals surface area contributed by atoms with E-state index in [1.165, 1.54) is 6.07 Å². The maximum atomic E-state index is 13.5. The molecule has 1 aliphatic carbocycles. The van der Waals surface area contributed by atoms with E-state index in [0.29, 0.717) is 11.6 Å². The first-order valence-corrected chi connectivity index (χ1v) is 8.46. The summed E-state index contributed by atoms with van der Waals surface area (Å²) in [6.07, 6.45) is 4.93. The fourth-order valence-corrected chi connectivity index (χ4v) is 3.42. The Morgan fingerprint density at radius 2 is 2.22 bits per heavy atom. The summed E-state index contributed by atoms with van der Waals surface area (Å²) in [5.41, 5.74) is 1.80. The quantitative estimate of drug-likeness (QED) is 0.847. The van der Waals surface area contributed by atoms with Crippen molar-refractivity contribution in [1.82, 2.24) is 10.2 Å². The first kappa shape index (κ1) is 16.2. The Labute approximate surface area is 137 Å². The van der Waals surface area contributed by atoms with E-state index in [1.807, 2.05) is 18.2 Å². The van der Waals surface area contributed by atoms with E-state index < -0.39 is 0 Å². The molecule has 2 fully saturated rings. The summed E-state index contributed by atoms with van der Waals surface area (Å²) >= 11 is 0. The van der Waals surface area contributed by atoms with Crippen molar-refractivity contribution in [2.24, 2.45) is 5.92 Å². The van der Waals surface area contributed by atoms with Gasteiger partial charge in [0, 0.05) is 25.7 Å². The number of halogens is 1. The molecule has 0 bridgehead atoms. The highest BCUT2D eigenvalue weighted by Gasteiger charge is 2.34. The summed E-state index contributed by atoms with van der Waals surface area (Å²) < 4.78 is 13.5. The first-order chi connectivity index (χ1) is 11.1. The van der Waals surface area contributed by atoms with Crippen molar-refractivity contribution < 1.29 is 9.18 Å². The summed E-state index contributed by atoms with van der Waals surface area (Å²) in [5.74, 6) is 0.262. The van der Waals surface area contributed by atoms with E-state index in [0.717, 1.165) is 44.5 Å². The second kappa shape index (κ2) is 6.83. The van der Waals surface area contributed by atoms with Crippen LogP contribution in [0.3, 0.4) is 0 Å². The lowest BCUT2D eigenvalue weighted by Gasteiger charge is -2.37. The predicted molar refractivity (Wildman–Crippen MR) is 89.8 cm³/mol. The van der Waals surface area contributed by atoms with Crippen molar-refractivity contribution in [3.8, 4) is 0 Å². The van der Waals surface area contributed by atoms with Crippen molar-refractivity contribution >= 4 is 5.91 Å². The molecular weight excluding hydrogens is 291 g/mol. The van der Waals surface area contributed by atoms with Gasteiger partial charge in [0.1, 0.15) is 5.82 Å². The lowest BCUT2D eigenvalue weighted by Crippen LogP contribution is -2.46. The van der Waals surface area contributed by atoms with Crippen LogP contribution in [0, 0.1) is 18.7 Å². The molecule has 1 aliphatic heterocycles. The molecule has 4 heteroatoms. The first-order valence-electron chi connectivity index (χ1n) is 8.46. The summed E-state index contributed by atoms with van der Waals surface area (Å²) in [7, 11) is 0. The molecule has 2 atom stereocenters. The highest BCUT2D eigenvalue weighted by molar-refractivity contribution is 5.79. The average molecular weight is 316 g/mol. The molecule has 0 spiro atoms. The Bertz CT molecular complexity index is 597. The van der Waals surface area contributed by atoms with Crippen LogP contribution >= 0.6 is 0 Å². The number of benzene rings is 1. The summed E-state index contributed by atoms with van der Waals surface area (Å²) in [4.78, 5) is 14.7. The number of carbonyl (C=O) groups excluding carboxylic acids is 1. The summed E-state index contributed by atoms with van der Waals surface area (Å²) in [5, 5.41) is 3.13. The molecule has 0 aromatic heterocycles. The van der Waals surface area contributed by atoms with Gasteiger partial charge in [-0.25, -0.2) is 4.39 Å². The Balaban J connectivity index is 1.75. The zero-order valence-electron chi connectivity index (χ0n) is 13.7. The topological polar surface area (TPSA) is 32.3 Å². The van der Waals surface area contributed by atoms with Gasteiger partial charge in [0.2, 0.25) is 5.91 Å². The Kier molecular flexibility index (Phi) is 4.81. The number of nitrogens with zero attached hydrogens (tertiary/aromatic N) is 1. The standard InChI is InChI=1S/C19H25FN2O/c1-3-8-22-11-15(14-4-7-18(20)13(2)9-14)10-16(12-22)19(23)21-17-5-6-17/h3-4,7,9,15-17H,1,5-6,8,10-12H2,2H3,(H,21,23). The molecule has 124 valence electrons. The third-order valence-electron chi connectivity index (χ3n) is 4.86.